The van der Waals surface area contributed by atoms with Crippen molar-refractivity contribution in [2.45, 2.75) is 78.0 Å². The molecule has 4 rings (SSSR count). The minimum atomic E-state index is -0.964. The summed E-state index contributed by atoms with van der Waals surface area (Å²) in [6.07, 6.45) is 5.91. The van der Waals surface area contributed by atoms with Crippen molar-refractivity contribution in [3.8, 4) is 0 Å². The van der Waals surface area contributed by atoms with E-state index in [1.54, 1.807) is 6.20 Å². The lowest BCUT2D eigenvalue weighted by atomic mass is 9.93. The molecule has 3 atom stereocenters. The summed E-state index contributed by atoms with van der Waals surface area (Å²) in [6, 6.07) is 1.93. The lowest BCUT2D eigenvalue weighted by Crippen LogP contribution is -2.31. The molecule has 3 aromatic rings. The number of hydrogen-bond donors (Lipinski definition) is 3. The molecule has 9 nitrogen and oxygen atoms in total. The maximum atomic E-state index is 10.9. The summed E-state index contributed by atoms with van der Waals surface area (Å²) in [5.41, 5.74) is 2.47. The van der Waals surface area contributed by atoms with E-state index in [4.69, 9.17) is 9.84 Å². The first-order valence-corrected chi connectivity index (χ1v) is 10.6. The molecule has 0 unspecified atom stereocenters. The van der Waals surface area contributed by atoms with Crippen LogP contribution in [0.1, 0.15) is 65.6 Å². The van der Waals surface area contributed by atoms with Gasteiger partial charge in [0.15, 0.2) is 11.3 Å². The second-order valence-electron chi connectivity index (χ2n) is 8.35. The topological polar surface area (TPSA) is 117 Å². The fourth-order valence-corrected chi connectivity index (χ4v) is 4.37. The highest BCUT2D eigenvalue weighted by molar-refractivity contribution is 5.74. The zero-order valence-corrected chi connectivity index (χ0v) is 18.3. The summed E-state index contributed by atoms with van der Waals surface area (Å²) >= 11 is 0. The van der Waals surface area contributed by atoms with Crippen molar-refractivity contribution < 1.29 is 14.6 Å². The Morgan fingerprint density at radius 2 is 2.03 bits per heavy atom. The highest BCUT2D eigenvalue weighted by Gasteiger charge is 2.37. The van der Waals surface area contributed by atoms with Gasteiger partial charge < -0.3 is 20.1 Å². The third kappa shape index (κ3) is 4.89. The van der Waals surface area contributed by atoms with Gasteiger partial charge in [0.25, 0.3) is 0 Å². The van der Waals surface area contributed by atoms with Crippen LogP contribution in [0.4, 0.5) is 4.79 Å². The van der Waals surface area contributed by atoms with Crippen LogP contribution in [-0.4, -0.2) is 54.0 Å². The first-order valence-electron chi connectivity index (χ1n) is 10.6. The lowest BCUT2D eigenvalue weighted by molar-refractivity contribution is 0.0300. The summed E-state index contributed by atoms with van der Waals surface area (Å²) in [4.78, 5) is 18.4. The zero-order valence-electron chi connectivity index (χ0n) is 18.3. The molecule has 0 saturated heterocycles. The molecular formula is C21H32N6O3. The molecule has 9 heteroatoms. The fourth-order valence-electron chi connectivity index (χ4n) is 4.37. The molecule has 0 aliphatic heterocycles. The van der Waals surface area contributed by atoms with Gasteiger partial charge in [0, 0.05) is 18.2 Å². The van der Waals surface area contributed by atoms with Crippen molar-refractivity contribution >= 4 is 22.9 Å². The second-order valence-corrected chi connectivity index (χ2v) is 8.35. The SMILES string of the molecule is CC(C)OC(C)C.CC[C@@H]1C[C@H](NC(=O)O)C[C@@H]1c1nnc2cnc3[nH]ccc3n12. The number of rotatable bonds is 5. The van der Waals surface area contributed by atoms with E-state index in [2.05, 4.69) is 32.4 Å². The van der Waals surface area contributed by atoms with E-state index in [0.717, 1.165) is 41.9 Å². The first kappa shape index (κ1) is 22.0. The molecule has 1 aliphatic rings. The molecule has 0 bridgehead atoms. The monoisotopic (exact) mass is 416 g/mol. The van der Waals surface area contributed by atoms with Crippen LogP contribution in [0.2, 0.25) is 0 Å². The van der Waals surface area contributed by atoms with E-state index in [9.17, 15) is 4.79 Å². The van der Waals surface area contributed by atoms with E-state index in [0.29, 0.717) is 18.1 Å². The van der Waals surface area contributed by atoms with Gasteiger partial charge in [-0.15, -0.1) is 10.2 Å². The summed E-state index contributed by atoms with van der Waals surface area (Å²) in [7, 11) is 0. The number of amides is 1. The van der Waals surface area contributed by atoms with Crippen LogP contribution in [0.25, 0.3) is 16.8 Å². The number of H-pyrrole nitrogens is 1. The summed E-state index contributed by atoms with van der Waals surface area (Å²) in [6.45, 7) is 10.3. The average Bonchev–Trinajstić information content (AvgIpc) is 3.36. The third-order valence-electron chi connectivity index (χ3n) is 5.39. The number of ether oxygens (including phenoxy) is 1. The van der Waals surface area contributed by atoms with Gasteiger partial charge in [-0.05, 0) is 52.5 Å². The van der Waals surface area contributed by atoms with Crippen LogP contribution < -0.4 is 5.32 Å². The van der Waals surface area contributed by atoms with Crippen molar-refractivity contribution in [3.05, 3.63) is 24.3 Å². The fraction of sp³-hybridized carbons (Fsp3) is 0.619. The van der Waals surface area contributed by atoms with Crippen LogP contribution >= 0.6 is 0 Å². The van der Waals surface area contributed by atoms with Crippen molar-refractivity contribution in [1.29, 1.82) is 0 Å². The Kier molecular flexibility index (Phi) is 6.91. The summed E-state index contributed by atoms with van der Waals surface area (Å²) in [5, 5.41) is 20.2. The van der Waals surface area contributed by atoms with Crippen LogP contribution in [0.5, 0.6) is 0 Å². The molecule has 1 aliphatic carbocycles. The molecular weight excluding hydrogens is 384 g/mol. The minimum Gasteiger partial charge on any atom is -0.465 e. The predicted octanol–water partition coefficient (Wildman–Crippen LogP) is 3.97. The number of aromatic amines is 1. The second kappa shape index (κ2) is 9.42. The molecule has 0 spiro atoms. The molecule has 0 aromatic carbocycles. The van der Waals surface area contributed by atoms with Gasteiger partial charge in [-0.3, -0.25) is 4.40 Å². The molecule has 30 heavy (non-hydrogen) atoms. The number of nitrogens with one attached hydrogen (secondary N) is 2. The Hall–Kier alpha value is -2.68. The molecule has 1 fully saturated rings. The molecule has 3 N–H and O–H groups in total. The third-order valence-corrected chi connectivity index (χ3v) is 5.39. The molecule has 0 radical (unpaired) electrons. The maximum absolute atomic E-state index is 10.9. The zero-order chi connectivity index (χ0) is 21.8. The largest absolute Gasteiger partial charge is 0.465 e. The van der Waals surface area contributed by atoms with Crippen molar-refractivity contribution in [2.75, 3.05) is 0 Å². The maximum Gasteiger partial charge on any atom is 0.404 e. The number of fused-ring (bicyclic) bond motifs is 3. The van der Waals surface area contributed by atoms with Gasteiger partial charge in [-0.25, -0.2) is 9.78 Å². The predicted molar refractivity (Wildman–Crippen MR) is 115 cm³/mol. The first-order chi connectivity index (χ1) is 14.3. The van der Waals surface area contributed by atoms with Gasteiger partial charge in [-0.2, -0.15) is 0 Å². The van der Waals surface area contributed by atoms with E-state index in [1.165, 1.54) is 0 Å². The molecule has 1 amide bonds. The van der Waals surface area contributed by atoms with E-state index in [1.807, 2.05) is 44.4 Å². The van der Waals surface area contributed by atoms with Crippen molar-refractivity contribution in [1.82, 2.24) is 29.9 Å². The van der Waals surface area contributed by atoms with Crippen LogP contribution in [0.3, 0.4) is 0 Å². The molecule has 3 aromatic heterocycles. The normalized spacial score (nSPS) is 21.4. The van der Waals surface area contributed by atoms with E-state index >= 15 is 0 Å². The molecule has 3 heterocycles. The minimum absolute atomic E-state index is 0.0293. The van der Waals surface area contributed by atoms with E-state index in [-0.39, 0.29) is 12.0 Å². The van der Waals surface area contributed by atoms with Gasteiger partial charge in [-0.1, -0.05) is 13.3 Å². The Labute approximate surface area is 176 Å². The number of carbonyl (C=O) groups is 1. The number of hydrogen-bond acceptors (Lipinski definition) is 5. The number of nitrogens with zero attached hydrogens (tertiary/aromatic N) is 4. The summed E-state index contributed by atoms with van der Waals surface area (Å²) in [5.74, 6) is 1.47. The van der Waals surface area contributed by atoms with Crippen LogP contribution in [0.15, 0.2) is 18.5 Å². The number of aromatic nitrogens is 5. The van der Waals surface area contributed by atoms with Crippen LogP contribution in [0, 0.1) is 5.92 Å². The van der Waals surface area contributed by atoms with Crippen molar-refractivity contribution in [3.63, 3.8) is 0 Å². The summed E-state index contributed by atoms with van der Waals surface area (Å²) < 4.78 is 7.29. The van der Waals surface area contributed by atoms with Gasteiger partial charge in [0.05, 0.1) is 23.9 Å². The van der Waals surface area contributed by atoms with Gasteiger partial charge in [0.2, 0.25) is 0 Å². The lowest BCUT2D eigenvalue weighted by Gasteiger charge is -2.15. The van der Waals surface area contributed by atoms with Gasteiger partial charge in [0.1, 0.15) is 5.82 Å². The number of carboxylic acid groups (broad SMARTS) is 1. The molecule has 1 saturated carbocycles. The van der Waals surface area contributed by atoms with Gasteiger partial charge >= 0.3 is 6.09 Å². The Morgan fingerprint density at radius 1 is 1.30 bits per heavy atom. The van der Waals surface area contributed by atoms with Crippen LogP contribution in [-0.2, 0) is 4.74 Å². The Bertz CT molecular complexity index is 974. The molecule has 164 valence electrons. The standard InChI is InChI=1S/C15H18N6O2.C6H14O/c1-2-8-5-9(18-15(22)23)6-10(8)14-20-19-12-7-17-13-11(21(12)14)3-4-16-13;1-5(2)7-6(3)4/h3-4,7-10,16,18H,2,5-6H2,1H3,(H,22,23);5-6H,1-4H3/t8-,9+,10+;/m1./s1. The Morgan fingerprint density at radius 3 is 2.63 bits per heavy atom. The Balaban J connectivity index is 0.000000318. The quantitative estimate of drug-likeness (QED) is 0.579. The highest BCUT2D eigenvalue weighted by atomic mass is 16.5. The highest BCUT2D eigenvalue weighted by Crippen LogP contribution is 2.41. The smallest absolute Gasteiger partial charge is 0.404 e. The van der Waals surface area contributed by atoms with E-state index < -0.39 is 6.09 Å². The average molecular weight is 417 g/mol. The van der Waals surface area contributed by atoms with Crippen molar-refractivity contribution in [2.24, 2.45) is 5.92 Å².